The zero-order valence-electron chi connectivity index (χ0n) is 25.4. The smallest absolute Gasteiger partial charge is 0.328 e. The van der Waals surface area contributed by atoms with E-state index in [9.17, 15) is 14.4 Å². The molecule has 228 valence electrons. The van der Waals surface area contributed by atoms with Crippen LogP contribution in [0, 0.1) is 6.92 Å². The summed E-state index contributed by atoms with van der Waals surface area (Å²) in [4.78, 5) is 52.7. The molecule has 0 radical (unpaired) electrons. The topological polar surface area (TPSA) is 79.9 Å². The van der Waals surface area contributed by atoms with Gasteiger partial charge in [0.15, 0.2) is 0 Å². The second kappa shape index (κ2) is 11.4. The molecule has 3 aromatic rings. The van der Waals surface area contributed by atoms with Gasteiger partial charge in [0.2, 0.25) is 0 Å². The van der Waals surface area contributed by atoms with Gasteiger partial charge in [-0.2, -0.15) is 0 Å². The molecule has 4 aliphatic rings. The highest BCUT2D eigenvalue weighted by Gasteiger charge is 2.33. The van der Waals surface area contributed by atoms with E-state index in [2.05, 4.69) is 12.1 Å². The van der Waals surface area contributed by atoms with Crippen LogP contribution in [0.3, 0.4) is 0 Å². The number of hydrogen-bond donors (Lipinski definition) is 0. The molecule has 0 unspecified atom stereocenters. The van der Waals surface area contributed by atoms with Gasteiger partial charge in [0.05, 0.1) is 20.2 Å². The first-order valence-electron chi connectivity index (χ1n) is 15.5. The number of aryl methyl sites for hydroxylation is 1. The number of rotatable bonds is 1. The molecule has 4 heterocycles. The van der Waals surface area contributed by atoms with Crippen LogP contribution in [-0.4, -0.2) is 74.3 Å². The molecule has 0 aliphatic carbocycles. The third-order valence-corrected chi connectivity index (χ3v) is 9.07. The fourth-order valence-corrected chi connectivity index (χ4v) is 7.03. The first kappa shape index (κ1) is 28.1. The highest BCUT2D eigenvalue weighted by Crippen LogP contribution is 2.34. The van der Waals surface area contributed by atoms with E-state index >= 15 is 0 Å². The molecule has 3 fully saturated rings. The molecule has 0 saturated carbocycles. The molecule has 0 N–H and O–H groups in total. The number of fused-ring (bicyclic) bond motifs is 16. The Balaban J connectivity index is 1.34. The van der Waals surface area contributed by atoms with E-state index in [1.807, 2.05) is 75.1 Å². The normalized spacial score (nSPS) is 18.9. The van der Waals surface area contributed by atoms with Crippen LogP contribution < -0.4 is 24.3 Å². The molecule has 6 amide bonds. The molecular weight excluding hydrogens is 556 g/mol. The quantitative estimate of drug-likeness (QED) is 0.356. The first-order chi connectivity index (χ1) is 21.4. The summed E-state index contributed by atoms with van der Waals surface area (Å²) in [6.45, 7) is 6.51. The minimum atomic E-state index is -0.112. The van der Waals surface area contributed by atoms with Crippen LogP contribution in [0.4, 0.5) is 37.1 Å². The number of nitrogens with zero attached hydrogens (tertiary/aromatic N) is 6. The molecule has 0 atom stereocenters. The number of methoxy groups -OCH3 is 1. The van der Waals surface area contributed by atoms with Gasteiger partial charge >= 0.3 is 18.1 Å². The Bertz CT molecular complexity index is 1510. The summed E-state index contributed by atoms with van der Waals surface area (Å²) in [5.41, 5.74) is 5.99. The van der Waals surface area contributed by atoms with Gasteiger partial charge in [-0.15, -0.1) is 0 Å². The molecule has 10 heteroatoms. The lowest BCUT2D eigenvalue weighted by atomic mass is 10.0. The van der Waals surface area contributed by atoms with Crippen molar-refractivity contribution in [2.45, 2.75) is 39.3 Å². The van der Waals surface area contributed by atoms with Crippen LogP contribution in [0.25, 0.3) is 0 Å². The molecule has 10 nitrogen and oxygen atoms in total. The van der Waals surface area contributed by atoms with E-state index in [-0.39, 0.29) is 18.1 Å². The molecular formula is C34H38N6O4. The third-order valence-electron chi connectivity index (χ3n) is 9.07. The summed E-state index contributed by atoms with van der Waals surface area (Å²) in [5.74, 6) is 0.718. The van der Waals surface area contributed by atoms with Crippen molar-refractivity contribution in [2.24, 2.45) is 0 Å². The SMILES string of the molecule is COc1c2cc(C)cc1CN1CCCN(C1=O)c1cccc(c1)N1CCCN(C1=O)c1cccc(c1)N1CCCN(C2)C1=O. The average Bonchev–Trinajstić information content (AvgIpc) is 3.03. The molecule has 44 heavy (non-hydrogen) atoms. The van der Waals surface area contributed by atoms with Crippen LogP contribution >= 0.6 is 0 Å². The lowest BCUT2D eigenvalue weighted by Crippen LogP contribution is -2.51. The average molecular weight is 595 g/mol. The number of urea groups is 3. The maximum absolute atomic E-state index is 13.9. The maximum Gasteiger partial charge on any atom is 0.328 e. The lowest BCUT2D eigenvalue weighted by Gasteiger charge is -2.39. The number of ether oxygens (including phenoxy) is 1. The standard InChI is InChI=1S/C34H38N6O4/c1-24-18-25-22-35-12-5-14-37(32(35)41)27-8-3-10-29(20-27)39-16-7-17-40(34(39)43)30-11-4-9-28(21-30)38-15-6-13-36(33(38)42)23-26(19-24)31(25)44-2/h3-4,8-11,18-21H,5-7,12-17,22-23H2,1-2H3. The zero-order chi connectivity index (χ0) is 30.4. The van der Waals surface area contributed by atoms with E-state index in [0.29, 0.717) is 52.4 Å². The third kappa shape index (κ3) is 4.98. The first-order valence-corrected chi connectivity index (χ1v) is 15.5. The van der Waals surface area contributed by atoms with Crippen LogP contribution in [0.2, 0.25) is 0 Å². The summed E-state index contributed by atoms with van der Waals surface area (Å²) in [7, 11) is 1.66. The van der Waals surface area contributed by atoms with Gasteiger partial charge in [-0.05, 0) is 62.6 Å². The highest BCUT2D eigenvalue weighted by molar-refractivity contribution is 6.05. The Morgan fingerprint density at radius 2 is 0.932 bits per heavy atom. The predicted octanol–water partition coefficient (Wildman–Crippen LogP) is 5.82. The van der Waals surface area contributed by atoms with Gasteiger partial charge in [0, 0.05) is 73.1 Å². The second-order valence-electron chi connectivity index (χ2n) is 12.0. The number of amides is 6. The van der Waals surface area contributed by atoms with Gasteiger partial charge in [-0.25, -0.2) is 14.4 Å². The summed E-state index contributed by atoms with van der Waals surface area (Å²) in [5, 5.41) is 0. The fraction of sp³-hybridized carbons (Fsp3) is 0.382. The molecule has 0 aromatic heterocycles. The van der Waals surface area contributed by atoms with Crippen molar-refractivity contribution in [1.82, 2.24) is 9.80 Å². The Labute approximate surface area is 258 Å². The van der Waals surface area contributed by atoms with E-state index in [0.717, 1.165) is 64.5 Å². The lowest BCUT2D eigenvalue weighted by molar-refractivity contribution is 0.190. The largest absolute Gasteiger partial charge is 0.496 e. The zero-order valence-corrected chi connectivity index (χ0v) is 25.4. The van der Waals surface area contributed by atoms with Gasteiger partial charge < -0.3 is 14.5 Å². The van der Waals surface area contributed by atoms with Crippen molar-refractivity contribution >= 4 is 40.8 Å². The highest BCUT2D eigenvalue weighted by atomic mass is 16.5. The van der Waals surface area contributed by atoms with Crippen molar-refractivity contribution in [1.29, 1.82) is 0 Å². The minimum Gasteiger partial charge on any atom is -0.496 e. The van der Waals surface area contributed by atoms with Crippen molar-refractivity contribution in [3.8, 4) is 5.75 Å². The summed E-state index contributed by atoms with van der Waals surface area (Å²) in [6.07, 6.45) is 2.44. The number of anilines is 4. The number of hydrogen-bond acceptors (Lipinski definition) is 4. The molecule has 3 saturated heterocycles. The maximum atomic E-state index is 13.9. The van der Waals surface area contributed by atoms with Gasteiger partial charge in [0.25, 0.3) is 0 Å². The van der Waals surface area contributed by atoms with E-state index in [1.54, 1.807) is 16.9 Å². The summed E-state index contributed by atoms with van der Waals surface area (Å²) >= 11 is 0. The molecule has 7 rings (SSSR count). The predicted molar refractivity (Wildman–Crippen MR) is 171 cm³/mol. The Kier molecular flexibility index (Phi) is 7.27. The van der Waals surface area contributed by atoms with Gasteiger partial charge in [-0.3, -0.25) is 19.6 Å². The van der Waals surface area contributed by atoms with Crippen LogP contribution in [0.15, 0.2) is 60.7 Å². The van der Waals surface area contributed by atoms with Crippen molar-refractivity contribution in [3.63, 3.8) is 0 Å². The van der Waals surface area contributed by atoms with Gasteiger partial charge in [0.1, 0.15) is 5.75 Å². The fourth-order valence-electron chi connectivity index (χ4n) is 7.03. The van der Waals surface area contributed by atoms with E-state index in [4.69, 9.17) is 4.74 Å². The molecule has 12 bridgehead atoms. The number of benzene rings is 3. The van der Waals surface area contributed by atoms with Crippen molar-refractivity contribution < 1.29 is 19.1 Å². The van der Waals surface area contributed by atoms with Gasteiger partial charge in [-0.1, -0.05) is 29.8 Å². The molecule has 0 spiro atoms. The van der Waals surface area contributed by atoms with E-state index < -0.39 is 0 Å². The Morgan fingerprint density at radius 3 is 1.34 bits per heavy atom. The van der Waals surface area contributed by atoms with Crippen molar-refractivity contribution in [3.05, 3.63) is 77.4 Å². The number of carbonyl (C=O) groups excluding carboxylic acids is 3. The van der Waals surface area contributed by atoms with E-state index in [1.165, 1.54) is 0 Å². The summed E-state index contributed by atoms with van der Waals surface area (Å²) in [6, 6.07) is 19.4. The monoisotopic (exact) mass is 594 g/mol. The van der Waals surface area contributed by atoms with Crippen LogP contribution in [0.5, 0.6) is 5.75 Å². The minimum absolute atomic E-state index is 0.0711. The Hall–Kier alpha value is -4.73. The van der Waals surface area contributed by atoms with Crippen LogP contribution in [0.1, 0.15) is 36.0 Å². The van der Waals surface area contributed by atoms with Crippen molar-refractivity contribution in [2.75, 3.05) is 66.0 Å². The second-order valence-corrected chi connectivity index (χ2v) is 12.0. The molecule has 4 aliphatic heterocycles. The molecule has 3 aromatic carbocycles. The Morgan fingerprint density at radius 1 is 0.545 bits per heavy atom. The summed E-state index contributed by atoms with van der Waals surface area (Å²) < 4.78 is 5.97. The van der Waals surface area contributed by atoms with Crippen LogP contribution in [-0.2, 0) is 13.1 Å². The number of carbonyl (C=O) groups is 3.